The van der Waals surface area contributed by atoms with Crippen LogP contribution in [0.15, 0.2) is 58.3 Å². The molecule has 1 aliphatic rings. The second-order valence-corrected chi connectivity index (χ2v) is 7.51. The highest BCUT2D eigenvalue weighted by molar-refractivity contribution is 7.99. The van der Waals surface area contributed by atoms with Crippen LogP contribution >= 0.6 is 11.8 Å². The standard InChI is InChI=1S/C20H24N2O2S/c1-14-13-15(11-12-21-14)20(23)22-16-3-7-18(8-4-16)25-19-9-5-17(24-2)6-10-19/h3-10,14-15,21H,11-13H2,1-2H3,(H,22,23)/t14-,15-/m0/s1. The molecule has 2 atom stereocenters. The van der Waals surface area contributed by atoms with Crippen molar-refractivity contribution in [2.45, 2.75) is 35.6 Å². The van der Waals surface area contributed by atoms with E-state index in [1.807, 2.05) is 48.5 Å². The molecule has 0 radical (unpaired) electrons. The third kappa shape index (κ3) is 5.00. The van der Waals surface area contributed by atoms with Crippen molar-refractivity contribution >= 4 is 23.4 Å². The summed E-state index contributed by atoms with van der Waals surface area (Å²) in [7, 11) is 1.67. The minimum Gasteiger partial charge on any atom is -0.497 e. The number of carbonyl (C=O) groups excluding carboxylic acids is 1. The molecule has 4 nitrogen and oxygen atoms in total. The van der Waals surface area contributed by atoms with Crippen LogP contribution in [-0.4, -0.2) is 25.6 Å². The lowest BCUT2D eigenvalue weighted by Gasteiger charge is -2.27. The first-order valence-corrected chi connectivity index (χ1v) is 9.42. The van der Waals surface area contributed by atoms with Crippen LogP contribution in [0.2, 0.25) is 0 Å². The number of hydrogen-bond donors (Lipinski definition) is 2. The van der Waals surface area contributed by atoms with Crippen LogP contribution < -0.4 is 15.4 Å². The maximum absolute atomic E-state index is 12.4. The molecule has 0 bridgehead atoms. The molecule has 2 N–H and O–H groups in total. The number of piperidine rings is 1. The molecule has 132 valence electrons. The Balaban J connectivity index is 1.57. The zero-order valence-corrected chi connectivity index (χ0v) is 15.4. The van der Waals surface area contributed by atoms with Gasteiger partial charge in [0.1, 0.15) is 5.75 Å². The number of anilines is 1. The van der Waals surface area contributed by atoms with Gasteiger partial charge in [0.05, 0.1) is 7.11 Å². The van der Waals surface area contributed by atoms with Crippen LogP contribution in [0, 0.1) is 5.92 Å². The Hall–Kier alpha value is -1.98. The number of nitrogens with one attached hydrogen (secondary N) is 2. The fraction of sp³-hybridized carbons (Fsp3) is 0.350. The number of rotatable bonds is 5. The van der Waals surface area contributed by atoms with E-state index in [1.165, 1.54) is 0 Å². The fourth-order valence-corrected chi connectivity index (χ4v) is 3.82. The molecule has 5 heteroatoms. The molecule has 0 unspecified atom stereocenters. The van der Waals surface area contributed by atoms with Crippen LogP contribution in [0.1, 0.15) is 19.8 Å². The Labute approximate surface area is 153 Å². The highest BCUT2D eigenvalue weighted by atomic mass is 32.2. The highest BCUT2D eigenvalue weighted by Crippen LogP contribution is 2.30. The monoisotopic (exact) mass is 356 g/mol. The number of hydrogen-bond acceptors (Lipinski definition) is 4. The quantitative estimate of drug-likeness (QED) is 0.844. The van der Waals surface area contributed by atoms with Crippen molar-refractivity contribution in [3.05, 3.63) is 48.5 Å². The predicted molar refractivity (Wildman–Crippen MR) is 102 cm³/mol. The average Bonchev–Trinajstić information content (AvgIpc) is 2.64. The van der Waals surface area contributed by atoms with E-state index in [0.29, 0.717) is 6.04 Å². The molecule has 1 aliphatic heterocycles. The summed E-state index contributed by atoms with van der Waals surface area (Å²) in [5.74, 6) is 1.09. The summed E-state index contributed by atoms with van der Waals surface area (Å²) in [6.45, 7) is 3.04. The largest absolute Gasteiger partial charge is 0.497 e. The minimum absolute atomic E-state index is 0.101. The predicted octanol–water partition coefficient (Wildman–Crippen LogP) is 4.17. The van der Waals surface area contributed by atoms with E-state index < -0.39 is 0 Å². The Morgan fingerprint density at radius 1 is 1.12 bits per heavy atom. The van der Waals surface area contributed by atoms with E-state index in [9.17, 15) is 4.79 Å². The van der Waals surface area contributed by atoms with Gasteiger partial charge in [0.15, 0.2) is 0 Å². The maximum atomic E-state index is 12.4. The van der Waals surface area contributed by atoms with Crippen molar-refractivity contribution in [2.75, 3.05) is 19.0 Å². The molecule has 0 aliphatic carbocycles. The number of amides is 1. The van der Waals surface area contributed by atoms with Gasteiger partial charge in [-0.25, -0.2) is 0 Å². The number of ether oxygens (including phenoxy) is 1. The van der Waals surface area contributed by atoms with Gasteiger partial charge in [-0.2, -0.15) is 0 Å². The third-order valence-electron chi connectivity index (χ3n) is 4.41. The molecule has 0 aromatic heterocycles. The Morgan fingerprint density at radius 2 is 1.76 bits per heavy atom. The van der Waals surface area contributed by atoms with E-state index >= 15 is 0 Å². The molecule has 2 aromatic rings. The van der Waals surface area contributed by atoms with E-state index in [2.05, 4.69) is 17.6 Å². The zero-order valence-electron chi connectivity index (χ0n) is 14.6. The summed E-state index contributed by atoms with van der Waals surface area (Å²) in [6.07, 6.45) is 1.80. The second-order valence-electron chi connectivity index (χ2n) is 6.37. The Morgan fingerprint density at radius 3 is 2.36 bits per heavy atom. The van der Waals surface area contributed by atoms with E-state index in [-0.39, 0.29) is 11.8 Å². The van der Waals surface area contributed by atoms with Gasteiger partial charge in [0.2, 0.25) is 5.91 Å². The van der Waals surface area contributed by atoms with Crippen molar-refractivity contribution in [3.63, 3.8) is 0 Å². The van der Waals surface area contributed by atoms with Crippen LogP contribution in [0.4, 0.5) is 5.69 Å². The van der Waals surface area contributed by atoms with Gasteiger partial charge >= 0.3 is 0 Å². The van der Waals surface area contributed by atoms with Crippen molar-refractivity contribution in [1.29, 1.82) is 0 Å². The lowest BCUT2D eigenvalue weighted by Crippen LogP contribution is -2.40. The molecule has 0 saturated carbocycles. The van der Waals surface area contributed by atoms with Crippen molar-refractivity contribution in [3.8, 4) is 5.75 Å². The molecule has 25 heavy (non-hydrogen) atoms. The van der Waals surface area contributed by atoms with Gasteiger partial charge in [0, 0.05) is 27.4 Å². The van der Waals surface area contributed by atoms with Crippen LogP contribution in [0.5, 0.6) is 5.75 Å². The SMILES string of the molecule is COc1ccc(Sc2ccc(NC(=O)[C@H]3CCN[C@@H](C)C3)cc2)cc1. The van der Waals surface area contributed by atoms with Crippen molar-refractivity contribution in [2.24, 2.45) is 5.92 Å². The molecule has 1 amide bonds. The van der Waals surface area contributed by atoms with Crippen molar-refractivity contribution < 1.29 is 9.53 Å². The van der Waals surface area contributed by atoms with E-state index in [0.717, 1.165) is 40.6 Å². The summed E-state index contributed by atoms with van der Waals surface area (Å²) < 4.78 is 5.18. The summed E-state index contributed by atoms with van der Waals surface area (Å²) in [4.78, 5) is 14.7. The molecule has 3 rings (SSSR count). The van der Waals surface area contributed by atoms with Crippen LogP contribution in [0.3, 0.4) is 0 Å². The van der Waals surface area contributed by atoms with Gasteiger partial charge in [-0.05, 0) is 74.8 Å². The van der Waals surface area contributed by atoms with Gasteiger partial charge in [-0.3, -0.25) is 4.79 Å². The summed E-state index contributed by atoms with van der Waals surface area (Å²) in [5, 5.41) is 6.42. The molecule has 1 heterocycles. The number of carbonyl (C=O) groups is 1. The smallest absolute Gasteiger partial charge is 0.227 e. The highest BCUT2D eigenvalue weighted by Gasteiger charge is 2.24. The number of methoxy groups -OCH3 is 1. The first-order valence-electron chi connectivity index (χ1n) is 8.60. The summed E-state index contributed by atoms with van der Waals surface area (Å²) >= 11 is 1.69. The lowest BCUT2D eigenvalue weighted by atomic mass is 9.92. The van der Waals surface area contributed by atoms with E-state index in [1.54, 1.807) is 18.9 Å². The molecule has 2 aromatic carbocycles. The molecule has 0 spiro atoms. The first kappa shape index (κ1) is 17.8. The molecular formula is C20H24N2O2S. The fourth-order valence-electron chi connectivity index (χ4n) is 3.00. The molecular weight excluding hydrogens is 332 g/mol. The summed E-state index contributed by atoms with van der Waals surface area (Å²) in [6, 6.07) is 16.4. The molecule has 1 fully saturated rings. The maximum Gasteiger partial charge on any atom is 0.227 e. The second kappa shape index (κ2) is 8.41. The Bertz CT molecular complexity index is 701. The Kier molecular flexibility index (Phi) is 6.00. The number of benzene rings is 2. The van der Waals surface area contributed by atoms with E-state index in [4.69, 9.17) is 4.74 Å². The van der Waals surface area contributed by atoms with Gasteiger partial charge in [-0.1, -0.05) is 11.8 Å². The normalized spacial score (nSPS) is 20.1. The van der Waals surface area contributed by atoms with Gasteiger partial charge in [0.25, 0.3) is 0 Å². The van der Waals surface area contributed by atoms with Crippen molar-refractivity contribution in [1.82, 2.24) is 5.32 Å². The minimum atomic E-state index is 0.101. The van der Waals surface area contributed by atoms with Crippen LogP contribution in [0.25, 0.3) is 0 Å². The van der Waals surface area contributed by atoms with Gasteiger partial charge < -0.3 is 15.4 Å². The van der Waals surface area contributed by atoms with Crippen LogP contribution in [-0.2, 0) is 4.79 Å². The molecule has 1 saturated heterocycles. The topological polar surface area (TPSA) is 50.4 Å². The first-order chi connectivity index (χ1) is 12.1. The zero-order chi connectivity index (χ0) is 17.6. The average molecular weight is 356 g/mol. The lowest BCUT2D eigenvalue weighted by molar-refractivity contribution is -0.120. The third-order valence-corrected chi connectivity index (χ3v) is 5.43. The summed E-state index contributed by atoms with van der Waals surface area (Å²) in [5.41, 5.74) is 0.857. The van der Waals surface area contributed by atoms with Gasteiger partial charge in [-0.15, -0.1) is 0 Å².